The quantitative estimate of drug-likeness (QED) is 0.639. The number of anilines is 1. The van der Waals surface area contributed by atoms with Crippen LogP contribution in [0.5, 0.6) is 5.75 Å². The summed E-state index contributed by atoms with van der Waals surface area (Å²) in [6.45, 7) is 5.95. The Bertz CT molecular complexity index is 627. The lowest BCUT2D eigenvalue weighted by Gasteiger charge is -2.17. The van der Waals surface area contributed by atoms with Gasteiger partial charge in [-0.1, -0.05) is 34.8 Å². The third kappa shape index (κ3) is 4.43. The fourth-order valence-electron chi connectivity index (χ4n) is 1.92. The van der Waals surface area contributed by atoms with E-state index in [0.29, 0.717) is 19.4 Å². The molecule has 0 bridgehead atoms. The van der Waals surface area contributed by atoms with Gasteiger partial charge in [0.25, 0.3) is 0 Å². The molecular weight excluding hydrogens is 349 g/mol. The molecule has 1 N–H and O–H groups in total. The summed E-state index contributed by atoms with van der Waals surface area (Å²) in [6, 6.07) is 7.55. The summed E-state index contributed by atoms with van der Waals surface area (Å²) in [6.07, 6.45) is 0.0898. The molecule has 2 nitrogen and oxygen atoms in total. The molecule has 0 aliphatic heterocycles. The van der Waals surface area contributed by atoms with Gasteiger partial charge in [0.1, 0.15) is 5.75 Å². The van der Waals surface area contributed by atoms with Crippen LogP contribution in [0.4, 0.5) is 5.69 Å². The Morgan fingerprint density at radius 2 is 1.81 bits per heavy atom. The molecule has 1 aromatic heterocycles. The lowest BCUT2D eigenvalue weighted by Crippen LogP contribution is -2.08. The van der Waals surface area contributed by atoms with Crippen molar-refractivity contribution >= 4 is 51.8 Å². The van der Waals surface area contributed by atoms with Crippen molar-refractivity contribution in [3.8, 4) is 5.75 Å². The molecule has 1 heterocycles. The largest absolute Gasteiger partial charge is 0.489 e. The minimum atomic E-state index is 0.0363. The van der Waals surface area contributed by atoms with Gasteiger partial charge in [-0.2, -0.15) is 0 Å². The highest BCUT2D eigenvalue weighted by molar-refractivity contribution is 7.20. The number of ether oxygens (including phenoxy) is 1. The van der Waals surface area contributed by atoms with Gasteiger partial charge in [-0.3, -0.25) is 0 Å². The molecule has 0 amide bonds. The standard InChI is InChI=1S/C15H16Cl3NOS/c1-8(2)20-13-5-4-10(6-12(13)16)19-9(3)11-7-14(17)21-15(11)18/h4-9,19H,1-3H3. The van der Waals surface area contributed by atoms with Gasteiger partial charge in [-0.15, -0.1) is 11.3 Å². The molecule has 2 rings (SSSR count). The van der Waals surface area contributed by atoms with Gasteiger partial charge in [0.05, 0.1) is 25.8 Å². The predicted molar refractivity (Wildman–Crippen MR) is 93.6 cm³/mol. The third-order valence-electron chi connectivity index (χ3n) is 2.83. The maximum atomic E-state index is 6.23. The fourth-order valence-corrected chi connectivity index (χ4v) is 3.79. The van der Waals surface area contributed by atoms with Gasteiger partial charge in [-0.05, 0) is 45.0 Å². The Labute approximate surface area is 144 Å². The molecule has 114 valence electrons. The second kappa shape index (κ2) is 7.10. The first-order chi connectivity index (χ1) is 9.86. The lowest BCUT2D eigenvalue weighted by molar-refractivity contribution is 0.242. The van der Waals surface area contributed by atoms with Gasteiger partial charge < -0.3 is 10.1 Å². The summed E-state index contributed by atoms with van der Waals surface area (Å²) in [5, 5.41) is 3.94. The lowest BCUT2D eigenvalue weighted by atomic mass is 10.1. The molecule has 0 saturated heterocycles. The van der Waals surface area contributed by atoms with E-state index in [1.54, 1.807) is 0 Å². The number of hydrogen-bond donors (Lipinski definition) is 1. The van der Waals surface area contributed by atoms with E-state index in [9.17, 15) is 0 Å². The van der Waals surface area contributed by atoms with Gasteiger partial charge in [0, 0.05) is 11.3 Å². The molecule has 2 aromatic rings. The highest BCUT2D eigenvalue weighted by Gasteiger charge is 2.14. The summed E-state index contributed by atoms with van der Waals surface area (Å²) >= 11 is 19.7. The van der Waals surface area contributed by atoms with E-state index in [1.807, 2.05) is 45.0 Å². The first kappa shape index (κ1) is 16.8. The van der Waals surface area contributed by atoms with E-state index >= 15 is 0 Å². The van der Waals surface area contributed by atoms with Gasteiger partial charge in [-0.25, -0.2) is 0 Å². The van der Waals surface area contributed by atoms with Crippen LogP contribution in [0, 0.1) is 0 Å². The number of halogens is 3. The number of rotatable bonds is 5. The molecule has 21 heavy (non-hydrogen) atoms. The highest BCUT2D eigenvalue weighted by atomic mass is 35.5. The number of hydrogen-bond acceptors (Lipinski definition) is 3. The van der Waals surface area contributed by atoms with Crippen molar-refractivity contribution in [2.45, 2.75) is 32.9 Å². The van der Waals surface area contributed by atoms with E-state index in [1.165, 1.54) is 11.3 Å². The molecule has 0 radical (unpaired) electrons. The van der Waals surface area contributed by atoms with Crippen molar-refractivity contribution in [2.75, 3.05) is 5.32 Å². The van der Waals surface area contributed by atoms with Gasteiger partial charge in [0.2, 0.25) is 0 Å². The number of thiophene rings is 1. The Kier molecular flexibility index (Phi) is 5.67. The van der Waals surface area contributed by atoms with Crippen molar-refractivity contribution in [1.29, 1.82) is 0 Å². The average Bonchev–Trinajstić information content (AvgIpc) is 2.71. The van der Waals surface area contributed by atoms with Gasteiger partial charge in [0.15, 0.2) is 0 Å². The molecular formula is C15H16Cl3NOS. The molecule has 0 fully saturated rings. The van der Waals surface area contributed by atoms with Crippen molar-refractivity contribution < 1.29 is 4.74 Å². The first-order valence-electron chi connectivity index (χ1n) is 6.54. The Morgan fingerprint density at radius 3 is 2.33 bits per heavy atom. The van der Waals surface area contributed by atoms with Gasteiger partial charge >= 0.3 is 0 Å². The summed E-state index contributed by atoms with van der Waals surface area (Å²) < 4.78 is 7.00. The zero-order chi connectivity index (χ0) is 15.6. The van der Waals surface area contributed by atoms with Crippen LogP contribution in [0.3, 0.4) is 0 Å². The number of nitrogens with one attached hydrogen (secondary N) is 1. The molecule has 6 heteroatoms. The van der Waals surface area contributed by atoms with Crippen LogP contribution in [-0.2, 0) is 0 Å². The Balaban J connectivity index is 2.13. The van der Waals surface area contributed by atoms with Crippen molar-refractivity contribution in [3.05, 3.63) is 43.5 Å². The average molecular weight is 365 g/mol. The van der Waals surface area contributed by atoms with Crippen LogP contribution >= 0.6 is 46.1 Å². The van der Waals surface area contributed by atoms with Crippen LogP contribution in [0.25, 0.3) is 0 Å². The van der Waals surface area contributed by atoms with Crippen molar-refractivity contribution in [3.63, 3.8) is 0 Å². The summed E-state index contributed by atoms with van der Waals surface area (Å²) in [7, 11) is 0. The Morgan fingerprint density at radius 1 is 1.10 bits per heavy atom. The topological polar surface area (TPSA) is 21.3 Å². The zero-order valence-corrected chi connectivity index (χ0v) is 15.0. The first-order valence-corrected chi connectivity index (χ1v) is 8.49. The Hall–Kier alpha value is -0.610. The van der Waals surface area contributed by atoms with E-state index in [0.717, 1.165) is 11.3 Å². The molecule has 1 atom stereocenters. The van der Waals surface area contributed by atoms with E-state index in [-0.39, 0.29) is 12.1 Å². The molecule has 0 spiro atoms. The minimum absolute atomic E-state index is 0.0363. The summed E-state index contributed by atoms with van der Waals surface area (Å²) in [5.41, 5.74) is 1.88. The third-order valence-corrected chi connectivity index (χ3v) is 4.64. The predicted octanol–water partition coefficient (Wildman–Crippen LogP) is 6.67. The second-order valence-corrected chi connectivity index (χ2v) is 7.65. The van der Waals surface area contributed by atoms with Crippen LogP contribution < -0.4 is 10.1 Å². The van der Waals surface area contributed by atoms with Crippen LogP contribution in [0.1, 0.15) is 32.4 Å². The molecule has 0 aliphatic rings. The maximum Gasteiger partial charge on any atom is 0.138 e. The van der Waals surface area contributed by atoms with Crippen molar-refractivity contribution in [1.82, 2.24) is 0 Å². The summed E-state index contributed by atoms with van der Waals surface area (Å²) in [4.78, 5) is 0. The molecule has 1 unspecified atom stereocenters. The van der Waals surface area contributed by atoms with E-state index < -0.39 is 0 Å². The highest BCUT2D eigenvalue weighted by Crippen LogP contribution is 2.37. The second-order valence-electron chi connectivity index (χ2n) is 4.96. The number of benzene rings is 1. The van der Waals surface area contributed by atoms with E-state index in [2.05, 4.69) is 5.32 Å². The van der Waals surface area contributed by atoms with Crippen molar-refractivity contribution in [2.24, 2.45) is 0 Å². The fraction of sp³-hybridized carbons (Fsp3) is 0.333. The van der Waals surface area contributed by atoms with Crippen LogP contribution in [0.15, 0.2) is 24.3 Å². The van der Waals surface area contributed by atoms with E-state index in [4.69, 9.17) is 39.5 Å². The minimum Gasteiger partial charge on any atom is -0.489 e. The molecule has 1 aromatic carbocycles. The smallest absolute Gasteiger partial charge is 0.138 e. The van der Waals surface area contributed by atoms with Crippen LogP contribution in [0.2, 0.25) is 13.7 Å². The maximum absolute atomic E-state index is 6.23. The molecule has 0 aliphatic carbocycles. The monoisotopic (exact) mass is 363 g/mol. The normalized spacial score (nSPS) is 12.5. The van der Waals surface area contributed by atoms with Crippen LogP contribution in [-0.4, -0.2) is 6.10 Å². The molecule has 0 saturated carbocycles. The zero-order valence-electron chi connectivity index (χ0n) is 11.9. The summed E-state index contributed by atoms with van der Waals surface area (Å²) in [5.74, 6) is 0.682. The SMILES string of the molecule is CC(C)Oc1ccc(NC(C)c2cc(Cl)sc2Cl)cc1Cl.